The van der Waals surface area contributed by atoms with Crippen LogP contribution in [0.2, 0.25) is 0 Å². The maximum Gasteiger partial charge on any atom is 0.225 e. The molecule has 0 saturated heterocycles. The fraction of sp³-hybridized carbons (Fsp3) is 0.350. The van der Waals surface area contributed by atoms with E-state index in [-0.39, 0.29) is 24.2 Å². The van der Waals surface area contributed by atoms with Gasteiger partial charge in [-0.3, -0.25) is 4.79 Å². The molecule has 1 amide bonds. The van der Waals surface area contributed by atoms with Gasteiger partial charge >= 0.3 is 0 Å². The number of benzene rings is 2. The van der Waals surface area contributed by atoms with Crippen LogP contribution in [0.5, 0.6) is 5.75 Å². The minimum absolute atomic E-state index is 0.0391. The predicted octanol–water partition coefficient (Wildman–Crippen LogP) is 4.28. The molecule has 2 aromatic rings. The molecule has 3 nitrogen and oxygen atoms in total. The van der Waals surface area contributed by atoms with Crippen LogP contribution in [0.3, 0.4) is 0 Å². The molecule has 4 heteroatoms. The Bertz CT molecular complexity index is 668. The van der Waals surface area contributed by atoms with E-state index in [0.29, 0.717) is 11.5 Å². The Labute approximate surface area is 142 Å². The molecule has 0 radical (unpaired) electrons. The molecule has 128 valence electrons. The lowest BCUT2D eigenvalue weighted by molar-refractivity contribution is -0.121. The van der Waals surface area contributed by atoms with Crippen LogP contribution in [-0.2, 0) is 11.2 Å². The van der Waals surface area contributed by atoms with Gasteiger partial charge in [0, 0.05) is 0 Å². The van der Waals surface area contributed by atoms with Crippen molar-refractivity contribution < 1.29 is 13.9 Å². The van der Waals surface area contributed by atoms with Crippen molar-refractivity contribution in [1.82, 2.24) is 5.32 Å². The Morgan fingerprint density at radius 2 is 1.79 bits per heavy atom. The van der Waals surface area contributed by atoms with Gasteiger partial charge in [-0.2, -0.15) is 0 Å². The minimum atomic E-state index is -0.350. The topological polar surface area (TPSA) is 38.3 Å². The van der Waals surface area contributed by atoms with Crippen molar-refractivity contribution >= 4 is 5.91 Å². The molecule has 0 aliphatic heterocycles. The largest absolute Gasteiger partial charge is 0.497 e. The average Bonchev–Trinajstić information content (AvgIpc) is 2.56. The normalized spacial score (nSPS) is 12.0. The van der Waals surface area contributed by atoms with Crippen LogP contribution in [-0.4, -0.2) is 13.0 Å². The monoisotopic (exact) mass is 329 g/mol. The Balaban J connectivity index is 2.10. The number of carbonyl (C=O) groups is 1. The van der Waals surface area contributed by atoms with Crippen LogP contribution < -0.4 is 10.1 Å². The third-order valence-corrected chi connectivity index (χ3v) is 3.87. The maximum absolute atomic E-state index is 13.7. The second kappa shape index (κ2) is 8.48. The lowest BCUT2D eigenvalue weighted by Crippen LogP contribution is -2.31. The number of amides is 1. The first-order valence-electron chi connectivity index (χ1n) is 8.16. The van der Waals surface area contributed by atoms with Crippen LogP contribution in [0.25, 0.3) is 0 Å². The van der Waals surface area contributed by atoms with E-state index in [1.54, 1.807) is 25.3 Å². The first-order chi connectivity index (χ1) is 11.5. The van der Waals surface area contributed by atoms with Crippen molar-refractivity contribution in [2.24, 2.45) is 5.92 Å². The Morgan fingerprint density at radius 1 is 1.12 bits per heavy atom. The van der Waals surface area contributed by atoms with Crippen LogP contribution >= 0.6 is 0 Å². The molecule has 1 atom stereocenters. The van der Waals surface area contributed by atoms with Crippen LogP contribution in [0, 0.1) is 11.7 Å². The molecule has 0 unspecified atom stereocenters. The summed E-state index contributed by atoms with van der Waals surface area (Å²) in [5.74, 6) is 0.671. The second-order valence-electron chi connectivity index (χ2n) is 6.29. The van der Waals surface area contributed by atoms with Gasteiger partial charge in [0.25, 0.3) is 0 Å². The quantitative estimate of drug-likeness (QED) is 0.823. The number of methoxy groups -OCH3 is 1. The van der Waals surface area contributed by atoms with Gasteiger partial charge in [0.2, 0.25) is 5.91 Å². The molecule has 2 aromatic carbocycles. The third kappa shape index (κ3) is 5.08. The zero-order valence-electron chi connectivity index (χ0n) is 14.4. The van der Waals surface area contributed by atoms with Gasteiger partial charge in [-0.15, -0.1) is 0 Å². The molecule has 0 heterocycles. The predicted molar refractivity (Wildman–Crippen MR) is 93.4 cm³/mol. The van der Waals surface area contributed by atoms with Crippen LogP contribution in [0.1, 0.15) is 37.4 Å². The summed E-state index contributed by atoms with van der Waals surface area (Å²) in [7, 11) is 1.62. The van der Waals surface area contributed by atoms with Crippen molar-refractivity contribution in [3.8, 4) is 5.75 Å². The summed E-state index contributed by atoms with van der Waals surface area (Å²) < 4.78 is 18.9. The molecule has 0 fully saturated rings. The van der Waals surface area contributed by atoms with E-state index < -0.39 is 0 Å². The second-order valence-corrected chi connectivity index (χ2v) is 6.29. The van der Waals surface area contributed by atoms with Gasteiger partial charge in [0.15, 0.2) is 0 Å². The SMILES string of the molecule is COc1ccc([C@@H](CC(C)C)NC(=O)Cc2ccccc2F)cc1. The zero-order valence-corrected chi connectivity index (χ0v) is 14.4. The number of ether oxygens (including phenoxy) is 1. The number of rotatable bonds is 7. The number of hydrogen-bond acceptors (Lipinski definition) is 2. The molecular formula is C20H24FNO2. The number of hydrogen-bond donors (Lipinski definition) is 1. The average molecular weight is 329 g/mol. The van der Waals surface area contributed by atoms with Gasteiger partial charge < -0.3 is 10.1 Å². The lowest BCUT2D eigenvalue weighted by Gasteiger charge is -2.21. The summed E-state index contributed by atoms with van der Waals surface area (Å²) in [6.07, 6.45) is 0.854. The molecule has 0 aliphatic rings. The van der Waals surface area contributed by atoms with E-state index in [2.05, 4.69) is 19.2 Å². The Morgan fingerprint density at radius 3 is 2.38 bits per heavy atom. The fourth-order valence-corrected chi connectivity index (χ4v) is 2.65. The smallest absolute Gasteiger partial charge is 0.225 e. The molecule has 0 aliphatic carbocycles. The summed E-state index contributed by atoms with van der Waals surface area (Å²) in [5, 5.41) is 3.03. The van der Waals surface area contributed by atoms with E-state index in [9.17, 15) is 9.18 Å². The molecule has 2 rings (SSSR count). The van der Waals surface area contributed by atoms with Crippen molar-refractivity contribution in [2.75, 3.05) is 7.11 Å². The molecule has 0 saturated carbocycles. The van der Waals surface area contributed by atoms with E-state index in [4.69, 9.17) is 4.74 Å². The molecule has 0 aromatic heterocycles. The molecule has 1 N–H and O–H groups in total. The van der Waals surface area contributed by atoms with Crippen molar-refractivity contribution in [2.45, 2.75) is 32.7 Å². The minimum Gasteiger partial charge on any atom is -0.497 e. The van der Waals surface area contributed by atoms with Gasteiger partial charge in [-0.1, -0.05) is 44.2 Å². The first kappa shape index (κ1) is 18.0. The highest BCUT2D eigenvalue weighted by molar-refractivity contribution is 5.79. The highest BCUT2D eigenvalue weighted by atomic mass is 19.1. The van der Waals surface area contributed by atoms with E-state index in [1.807, 2.05) is 24.3 Å². The van der Waals surface area contributed by atoms with E-state index in [1.165, 1.54) is 6.07 Å². The van der Waals surface area contributed by atoms with E-state index >= 15 is 0 Å². The summed E-state index contributed by atoms with van der Waals surface area (Å²) in [5.41, 5.74) is 1.43. The van der Waals surface area contributed by atoms with Crippen LogP contribution in [0.15, 0.2) is 48.5 Å². The van der Waals surface area contributed by atoms with E-state index in [0.717, 1.165) is 17.7 Å². The standard InChI is InChI=1S/C20H24FNO2/c1-14(2)12-19(15-8-10-17(24-3)11-9-15)22-20(23)13-16-6-4-5-7-18(16)21/h4-11,14,19H,12-13H2,1-3H3,(H,22,23)/t19-/m1/s1. The summed E-state index contributed by atoms with van der Waals surface area (Å²) in [6, 6.07) is 13.9. The van der Waals surface area contributed by atoms with Gasteiger partial charge in [0.05, 0.1) is 19.6 Å². The number of halogens is 1. The first-order valence-corrected chi connectivity index (χ1v) is 8.16. The third-order valence-electron chi connectivity index (χ3n) is 3.87. The molecule has 0 bridgehead atoms. The molecule has 0 spiro atoms. The Hall–Kier alpha value is -2.36. The summed E-state index contributed by atoms with van der Waals surface area (Å²) >= 11 is 0. The van der Waals surface area contributed by atoms with Crippen molar-refractivity contribution in [1.29, 1.82) is 0 Å². The van der Waals surface area contributed by atoms with Crippen molar-refractivity contribution in [3.05, 3.63) is 65.5 Å². The maximum atomic E-state index is 13.7. The summed E-state index contributed by atoms with van der Waals surface area (Å²) in [4.78, 5) is 12.4. The number of carbonyl (C=O) groups excluding carboxylic acids is 1. The molecular weight excluding hydrogens is 305 g/mol. The fourth-order valence-electron chi connectivity index (χ4n) is 2.65. The highest BCUT2D eigenvalue weighted by Crippen LogP contribution is 2.23. The van der Waals surface area contributed by atoms with Crippen molar-refractivity contribution in [3.63, 3.8) is 0 Å². The molecule has 24 heavy (non-hydrogen) atoms. The highest BCUT2D eigenvalue weighted by Gasteiger charge is 2.17. The van der Waals surface area contributed by atoms with Gasteiger partial charge in [-0.05, 0) is 41.7 Å². The lowest BCUT2D eigenvalue weighted by atomic mass is 9.96. The summed E-state index contributed by atoms with van der Waals surface area (Å²) in [6.45, 7) is 4.22. The van der Waals surface area contributed by atoms with Gasteiger partial charge in [0.1, 0.15) is 11.6 Å². The van der Waals surface area contributed by atoms with Crippen LogP contribution in [0.4, 0.5) is 4.39 Å². The number of nitrogens with one attached hydrogen (secondary N) is 1. The van der Waals surface area contributed by atoms with Gasteiger partial charge in [-0.25, -0.2) is 4.39 Å². The zero-order chi connectivity index (χ0) is 17.5. The Kier molecular flexibility index (Phi) is 6.36.